The summed E-state index contributed by atoms with van der Waals surface area (Å²) in [6.45, 7) is 1.86. The number of nitro benzene ring substituents is 1. The number of carbonyl (C=O) groups is 1. The molecule has 1 aromatic carbocycles. The predicted molar refractivity (Wildman–Crippen MR) is 87.6 cm³/mol. The number of nitrogens with two attached hydrogens (primary N) is 1. The third-order valence-corrected chi connectivity index (χ3v) is 3.68. The molecule has 22 heavy (non-hydrogen) atoms. The summed E-state index contributed by atoms with van der Waals surface area (Å²) < 4.78 is 6.25. The number of aryl methyl sites for hydroxylation is 1. The number of ether oxygens (including phenoxy) is 1. The minimum atomic E-state index is -0.715. The number of benzene rings is 1. The molecule has 0 bridgehead atoms. The Bertz CT molecular complexity index is 749. The van der Waals surface area contributed by atoms with Gasteiger partial charge < -0.3 is 10.5 Å². The van der Waals surface area contributed by atoms with Gasteiger partial charge in [-0.2, -0.15) is 0 Å². The zero-order valence-corrected chi connectivity index (χ0v) is 13.7. The lowest BCUT2D eigenvalue weighted by atomic mass is 10.1. The van der Waals surface area contributed by atoms with Gasteiger partial charge >= 0.3 is 0 Å². The van der Waals surface area contributed by atoms with Gasteiger partial charge in [0.15, 0.2) is 5.75 Å². The van der Waals surface area contributed by atoms with Crippen LogP contribution < -0.4 is 10.5 Å². The van der Waals surface area contributed by atoms with Gasteiger partial charge in [-0.1, -0.05) is 0 Å². The molecule has 2 aromatic rings. The van der Waals surface area contributed by atoms with E-state index < -0.39 is 10.8 Å². The third-order valence-electron chi connectivity index (χ3n) is 2.90. The number of nitrogens with zero attached hydrogens (tertiary/aromatic N) is 2. The van der Waals surface area contributed by atoms with Crippen molar-refractivity contribution in [2.45, 2.75) is 13.5 Å². The Morgan fingerprint density at radius 3 is 2.73 bits per heavy atom. The van der Waals surface area contributed by atoms with Crippen LogP contribution >= 0.6 is 22.6 Å². The summed E-state index contributed by atoms with van der Waals surface area (Å²) in [6.07, 6.45) is 0. The maximum absolute atomic E-state index is 11.1. The van der Waals surface area contributed by atoms with Crippen molar-refractivity contribution < 1.29 is 14.5 Å². The fourth-order valence-electron chi connectivity index (χ4n) is 1.78. The molecular weight excluding hydrogens is 401 g/mol. The molecule has 0 fully saturated rings. The minimum absolute atomic E-state index is 0.00387. The number of halogens is 1. The van der Waals surface area contributed by atoms with Crippen molar-refractivity contribution in [2.75, 3.05) is 0 Å². The Kier molecular flexibility index (Phi) is 4.91. The molecule has 114 valence electrons. The van der Waals surface area contributed by atoms with Crippen molar-refractivity contribution in [1.82, 2.24) is 4.98 Å². The molecule has 1 amide bonds. The number of hydrogen-bond donors (Lipinski definition) is 1. The maximum atomic E-state index is 11.1. The summed E-state index contributed by atoms with van der Waals surface area (Å²) in [4.78, 5) is 25.9. The summed E-state index contributed by atoms with van der Waals surface area (Å²) >= 11 is 2.03. The van der Waals surface area contributed by atoms with E-state index in [9.17, 15) is 14.9 Å². The van der Waals surface area contributed by atoms with Gasteiger partial charge in [0, 0.05) is 17.3 Å². The van der Waals surface area contributed by atoms with Gasteiger partial charge in [-0.05, 0) is 53.8 Å². The number of carbonyl (C=O) groups excluding carboxylic acids is 1. The first kappa shape index (κ1) is 16.1. The SMILES string of the molecule is Cc1ccc(OCc2ccc(C(N)=O)cc2[N+](=O)[O-])c(I)n1. The average Bonchev–Trinajstić information content (AvgIpc) is 2.46. The van der Waals surface area contributed by atoms with E-state index in [0.717, 1.165) is 11.8 Å². The molecule has 1 heterocycles. The summed E-state index contributed by atoms with van der Waals surface area (Å²) in [5.41, 5.74) is 6.22. The highest BCUT2D eigenvalue weighted by molar-refractivity contribution is 14.1. The molecule has 0 atom stereocenters. The van der Waals surface area contributed by atoms with Gasteiger partial charge in [-0.15, -0.1) is 0 Å². The van der Waals surface area contributed by atoms with Crippen LogP contribution in [0.1, 0.15) is 21.6 Å². The number of nitro groups is 1. The van der Waals surface area contributed by atoms with E-state index in [1.807, 2.05) is 29.5 Å². The lowest BCUT2D eigenvalue weighted by Gasteiger charge is -2.09. The fraction of sp³-hybridized carbons (Fsp3) is 0.143. The second-order valence-electron chi connectivity index (χ2n) is 4.50. The highest BCUT2D eigenvalue weighted by atomic mass is 127. The van der Waals surface area contributed by atoms with Gasteiger partial charge in [0.05, 0.1) is 10.5 Å². The summed E-state index contributed by atoms with van der Waals surface area (Å²) in [5.74, 6) is -0.174. The van der Waals surface area contributed by atoms with Gasteiger partial charge in [-0.25, -0.2) is 4.98 Å². The quantitative estimate of drug-likeness (QED) is 0.351. The second kappa shape index (κ2) is 6.69. The van der Waals surface area contributed by atoms with E-state index >= 15 is 0 Å². The number of aromatic nitrogens is 1. The van der Waals surface area contributed by atoms with Crippen LogP contribution in [0.2, 0.25) is 0 Å². The number of pyridine rings is 1. The largest absolute Gasteiger partial charge is 0.486 e. The Balaban J connectivity index is 2.25. The summed E-state index contributed by atoms with van der Waals surface area (Å²) in [7, 11) is 0. The van der Waals surface area contributed by atoms with Crippen molar-refractivity contribution in [3.63, 3.8) is 0 Å². The molecule has 0 aliphatic heterocycles. The average molecular weight is 413 g/mol. The molecule has 0 unspecified atom stereocenters. The highest BCUT2D eigenvalue weighted by Gasteiger charge is 2.17. The molecule has 7 nitrogen and oxygen atoms in total. The first-order valence-electron chi connectivity index (χ1n) is 6.21. The predicted octanol–water partition coefficient (Wildman–Crippen LogP) is 2.58. The molecule has 2 rings (SSSR count). The number of primary amides is 1. The van der Waals surface area contributed by atoms with Crippen molar-refractivity contribution >= 4 is 34.2 Å². The van der Waals surface area contributed by atoms with Gasteiger partial charge in [0.1, 0.15) is 10.3 Å². The van der Waals surface area contributed by atoms with Crippen LogP contribution in [0.4, 0.5) is 5.69 Å². The highest BCUT2D eigenvalue weighted by Crippen LogP contribution is 2.24. The van der Waals surface area contributed by atoms with Crippen molar-refractivity contribution in [3.8, 4) is 5.75 Å². The van der Waals surface area contributed by atoms with E-state index in [2.05, 4.69) is 4.98 Å². The lowest BCUT2D eigenvalue weighted by Crippen LogP contribution is -2.12. The number of rotatable bonds is 5. The van der Waals surface area contributed by atoms with Crippen LogP contribution in [0.15, 0.2) is 30.3 Å². The van der Waals surface area contributed by atoms with E-state index in [1.165, 1.54) is 12.1 Å². The minimum Gasteiger partial charge on any atom is -0.486 e. The standard InChI is InChI=1S/C14H12IN3O4/c1-8-2-5-12(13(15)17-8)22-7-10-4-3-9(14(16)19)6-11(10)18(20)21/h2-6H,7H2,1H3,(H2,16,19). The third kappa shape index (κ3) is 3.70. The monoisotopic (exact) mass is 413 g/mol. The molecule has 0 aliphatic rings. The molecule has 0 saturated heterocycles. The van der Waals surface area contributed by atoms with Crippen molar-refractivity contribution in [3.05, 3.63) is 61.0 Å². The smallest absolute Gasteiger partial charge is 0.276 e. The van der Waals surface area contributed by atoms with Crippen molar-refractivity contribution in [1.29, 1.82) is 0 Å². The zero-order chi connectivity index (χ0) is 16.3. The summed E-state index contributed by atoms with van der Waals surface area (Å²) in [5, 5.41) is 11.1. The Hall–Kier alpha value is -2.23. The number of hydrogen-bond acceptors (Lipinski definition) is 5. The molecule has 2 N–H and O–H groups in total. The maximum Gasteiger partial charge on any atom is 0.276 e. The van der Waals surface area contributed by atoms with E-state index in [0.29, 0.717) is 15.0 Å². The van der Waals surface area contributed by atoms with Gasteiger partial charge in [0.25, 0.3) is 5.69 Å². The molecule has 1 aromatic heterocycles. The van der Waals surface area contributed by atoms with Crippen LogP contribution in [-0.2, 0) is 6.61 Å². The fourth-order valence-corrected chi connectivity index (χ4v) is 2.50. The Morgan fingerprint density at radius 1 is 1.41 bits per heavy atom. The van der Waals surface area contributed by atoms with E-state index in [-0.39, 0.29) is 17.9 Å². The molecule has 8 heteroatoms. The zero-order valence-electron chi connectivity index (χ0n) is 11.6. The van der Waals surface area contributed by atoms with E-state index in [4.69, 9.17) is 10.5 Å². The van der Waals surface area contributed by atoms with Crippen LogP contribution in [0.5, 0.6) is 5.75 Å². The first-order chi connectivity index (χ1) is 10.4. The molecule has 0 spiro atoms. The van der Waals surface area contributed by atoms with Crippen LogP contribution in [0.3, 0.4) is 0 Å². The first-order valence-corrected chi connectivity index (χ1v) is 7.29. The molecule has 0 saturated carbocycles. The van der Waals surface area contributed by atoms with Gasteiger partial charge in [0.2, 0.25) is 5.91 Å². The van der Waals surface area contributed by atoms with Crippen LogP contribution in [0, 0.1) is 20.7 Å². The Labute approximate surface area is 139 Å². The van der Waals surface area contributed by atoms with Crippen LogP contribution in [-0.4, -0.2) is 15.8 Å². The van der Waals surface area contributed by atoms with Gasteiger partial charge in [-0.3, -0.25) is 14.9 Å². The van der Waals surface area contributed by atoms with Crippen LogP contribution in [0.25, 0.3) is 0 Å². The molecular formula is C14H12IN3O4. The van der Waals surface area contributed by atoms with E-state index in [1.54, 1.807) is 12.1 Å². The van der Waals surface area contributed by atoms with Crippen molar-refractivity contribution in [2.24, 2.45) is 5.73 Å². The second-order valence-corrected chi connectivity index (χ2v) is 5.52. The molecule has 0 radical (unpaired) electrons. The Morgan fingerprint density at radius 2 is 2.14 bits per heavy atom. The lowest BCUT2D eigenvalue weighted by molar-refractivity contribution is -0.385. The molecule has 0 aliphatic carbocycles. The number of amides is 1. The normalized spacial score (nSPS) is 10.3. The summed E-state index contributed by atoms with van der Waals surface area (Å²) in [6, 6.07) is 7.61. The topological polar surface area (TPSA) is 108 Å².